The minimum absolute atomic E-state index is 0.0283. The van der Waals surface area contributed by atoms with Crippen molar-refractivity contribution < 1.29 is 14.3 Å². The van der Waals surface area contributed by atoms with Crippen LogP contribution in [0.1, 0.15) is 26.7 Å². The van der Waals surface area contributed by atoms with Crippen molar-refractivity contribution in [3.63, 3.8) is 0 Å². The zero-order chi connectivity index (χ0) is 11.5. The first kappa shape index (κ1) is 12.9. The number of ether oxygens (including phenoxy) is 2. The smallest absolute Gasteiger partial charge is 0.169 e. The fraction of sp³-hybridized carbons (Fsp3) is 0.727. The van der Waals surface area contributed by atoms with Gasteiger partial charge in [-0.25, -0.2) is 0 Å². The molecule has 0 heterocycles. The van der Waals surface area contributed by atoms with Crippen molar-refractivity contribution in [3.05, 3.63) is 10.1 Å². The van der Waals surface area contributed by atoms with Crippen LogP contribution in [0.3, 0.4) is 0 Å². The van der Waals surface area contributed by atoms with E-state index in [0.717, 1.165) is 12.0 Å². The van der Waals surface area contributed by atoms with E-state index < -0.39 is 0 Å². The molecule has 0 aromatic rings. The predicted octanol–water partition coefficient (Wildman–Crippen LogP) is 2.65. The summed E-state index contributed by atoms with van der Waals surface area (Å²) in [6.45, 7) is 4.97. The molecule has 1 aliphatic rings. The molecule has 0 N–H and O–H groups in total. The second-order valence-electron chi connectivity index (χ2n) is 4.35. The molecule has 0 amide bonds. The Morgan fingerprint density at radius 3 is 2.73 bits per heavy atom. The first-order valence-electron chi connectivity index (χ1n) is 4.98. The van der Waals surface area contributed by atoms with Crippen molar-refractivity contribution in [2.75, 3.05) is 20.5 Å². The van der Waals surface area contributed by atoms with E-state index in [1.54, 1.807) is 7.11 Å². The van der Waals surface area contributed by atoms with Crippen LogP contribution in [0.2, 0.25) is 0 Å². The monoisotopic (exact) mass is 276 g/mol. The largest absolute Gasteiger partial charge is 0.359 e. The molecule has 15 heavy (non-hydrogen) atoms. The van der Waals surface area contributed by atoms with Gasteiger partial charge >= 0.3 is 0 Å². The minimum atomic E-state index is 0.0283. The van der Waals surface area contributed by atoms with Crippen molar-refractivity contribution in [1.82, 2.24) is 0 Å². The molecule has 1 aliphatic carbocycles. The van der Waals surface area contributed by atoms with Gasteiger partial charge in [-0.2, -0.15) is 0 Å². The Balaban J connectivity index is 2.77. The summed E-state index contributed by atoms with van der Waals surface area (Å²) in [5.74, 6) is 0.172. The van der Waals surface area contributed by atoms with Gasteiger partial charge in [0.25, 0.3) is 0 Å². The summed E-state index contributed by atoms with van der Waals surface area (Å²) in [5.41, 5.74) is 1.07. The normalized spacial score (nSPS) is 20.9. The molecule has 0 atom stereocenters. The van der Waals surface area contributed by atoms with E-state index in [9.17, 15) is 4.79 Å². The van der Waals surface area contributed by atoms with Gasteiger partial charge in [0.15, 0.2) is 5.78 Å². The minimum Gasteiger partial charge on any atom is -0.359 e. The van der Waals surface area contributed by atoms with Gasteiger partial charge in [0.2, 0.25) is 0 Å². The maximum absolute atomic E-state index is 11.5. The molecule has 0 radical (unpaired) electrons. The summed E-state index contributed by atoms with van der Waals surface area (Å²) in [6, 6.07) is 0. The Hall–Kier alpha value is -0.190. The molecule has 0 unspecified atom stereocenters. The molecule has 0 bridgehead atoms. The lowest BCUT2D eigenvalue weighted by molar-refractivity contribution is -0.116. The van der Waals surface area contributed by atoms with Gasteiger partial charge in [-0.1, -0.05) is 13.8 Å². The molecule has 0 aromatic heterocycles. The van der Waals surface area contributed by atoms with E-state index in [-0.39, 0.29) is 18.0 Å². The van der Waals surface area contributed by atoms with Crippen LogP contribution >= 0.6 is 15.9 Å². The molecule has 86 valence electrons. The molecule has 0 aliphatic heterocycles. The average molecular weight is 277 g/mol. The zero-order valence-corrected chi connectivity index (χ0v) is 11.0. The Bertz CT molecular complexity index is 282. The SMILES string of the molecule is COCOCC1=C(Br)C(=O)CCC1(C)C. The van der Waals surface area contributed by atoms with Gasteiger partial charge in [0.05, 0.1) is 11.1 Å². The number of allylic oxidation sites excluding steroid dienone is 1. The van der Waals surface area contributed by atoms with E-state index in [1.807, 2.05) is 0 Å². The van der Waals surface area contributed by atoms with Gasteiger partial charge in [0.1, 0.15) is 6.79 Å². The van der Waals surface area contributed by atoms with Crippen LogP contribution in [0.15, 0.2) is 10.1 Å². The standard InChI is InChI=1S/C11H17BrO3/c1-11(2)5-4-9(13)10(12)8(11)6-15-7-14-3/h4-7H2,1-3H3. The van der Waals surface area contributed by atoms with Crippen LogP contribution < -0.4 is 0 Å². The second kappa shape index (κ2) is 5.23. The number of carbonyl (C=O) groups is 1. The van der Waals surface area contributed by atoms with Crippen LogP contribution in [0, 0.1) is 5.41 Å². The molecule has 0 spiro atoms. The maximum Gasteiger partial charge on any atom is 0.169 e. The molecule has 4 heteroatoms. The van der Waals surface area contributed by atoms with Gasteiger partial charge in [0, 0.05) is 13.5 Å². The molecule has 1 rings (SSSR count). The number of hydrogen-bond acceptors (Lipinski definition) is 3. The Labute approximate surface area is 98.9 Å². The summed E-state index contributed by atoms with van der Waals surface area (Å²) < 4.78 is 10.8. The Morgan fingerprint density at radius 2 is 2.13 bits per heavy atom. The molecule has 0 saturated carbocycles. The van der Waals surface area contributed by atoms with Crippen LogP contribution in [0.25, 0.3) is 0 Å². The third-order valence-corrected chi connectivity index (χ3v) is 3.67. The van der Waals surface area contributed by atoms with E-state index in [1.165, 1.54) is 0 Å². The second-order valence-corrected chi connectivity index (χ2v) is 5.15. The third kappa shape index (κ3) is 3.13. The van der Waals surface area contributed by atoms with Crippen molar-refractivity contribution in [2.45, 2.75) is 26.7 Å². The highest BCUT2D eigenvalue weighted by Gasteiger charge is 2.33. The van der Waals surface area contributed by atoms with Gasteiger partial charge < -0.3 is 9.47 Å². The summed E-state index contributed by atoms with van der Waals surface area (Å²) in [6.07, 6.45) is 1.49. The summed E-state index contributed by atoms with van der Waals surface area (Å²) in [7, 11) is 1.58. The topological polar surface area (TPSA) is 35.5 Å². The maximum atomic E-state index is 11.5. The van der Waals surface area contributed by atoms with Crippen LogP contribution in [0.5, 0.6) is 0 Å². The number of hydrogen-bond donors (Lipinski definition) is 0. The fourth-order valence-corrected chi connectivity index (χ4v) is 2.49. The van der Waals surface area contributed by atoms with Crippen LogP contribution in [-0.4, -0.2) is 26.3 Å². The Morgan fingerprint density at radius 1 is 1.47 bits per heavy atom. The number of ketones is 1. The van der Waals surface area contributed by atoms with Crippen molar-refractivity contribution >= 4 is 21.7 Å². The number of methoxy groups -OCH3 is 1. The molecule has 0 aromatic carbocycles. The molecular weight excluding hydrogens is 260 g/mol. The van der Waals surface area contributed by atoms with Gasteiger partial charge in [-0.05, 0) is 33.3 Å². The highest BCUT2D eigenvalue weighted by Crippen LogP contribution is 2.40. The zero-order valence-electron chi connectivity index (χ0n) is 9.43. The number of rotatable bonds is 4. The van der Waals surface area contributed by atoms with Crippen LogP contribution in [-0.2, 0) is 14.3 Å². The van der Waals surface area contributed by atoms with Crippen molar-refractivity contribution in [2.24, 2.45) is 5.41 Å². The van der Waals surface area contributed by atoms with Gasteiger partial charge in [-0.15, -0.1) is 0 Å². The summed E-state index contributed by atoms with van der Waals surface area (Å²) in [4.78, 5) is 11.5. The third-order valence-electron chi connectivity index (χ3n) is 2.75. The first-order valence-corrected chi connectivity index (χ1v) is 5.77. The van der Waals surface area contributed by atoms with E-state index in [0.29, 0.717) is 17.5 Å². The highest BCUT2D eigenvalue weighted by atomic mass is 79.9. The van der Waals surface area contributed by atoms with E-state index in [2.05, 4.69) is 29.8 Å². The number of halogens is 1. The predicted molar refractivity (Wildman–Crippen MR) is 61.8 cm³/mol. The number of carbonyl (C=O) groups excluding carboxylic acids is 1. The highest BCUT2D eigenvalue weighted by molar-refractivity contribution is 9.12. The fourth-order valence-electron chi connectivity index (χ4n) is 1.64. The molecule has 0 saturated heterocycles. The van der Waals surface area contributed by atoms with Crippen LogP contribution in [0.4, 0.5) is 0 Å². The first-order chi connectivity index (χ1) is 6.99. The average Bonchev–Trinajstić information content (AvgIpc) is 2.18. The lowest BCUT2D eigenvalue weighted by Crippen LogP contribution is -2.27. The molecule has 3 nitrogen and oxygen atoms in total. The van der Waals surface area contributed by atoms with E-state index in [4.69, 9.17) is 9.47 Å². The molecular formula is C11H17BrO3. The van der Waals surface area contributed by atoms with Crippen molar-refractivity contribution in [1.29, 1.82) is 0 Å². The van der Waals surface area contributed by atoms with Gasteiger partial charge in [-0.3, -0.25) is 4.79 Å². The quantitative estimate of drug-likeness (QED) is 0.585. The van der Waals surface area contributed by atoms with Crippen molar-refractivity contribution in [3.8, 4) is 0 Å². The lowest BCUT2D eigenvalue weighted by atomic mass is 9.75. The number of Topliss-reactive ketones (excluding diaryl/α,β-unsaturated/α-hetero) is 1. The Kier molecular flexibility index (Phi) is 4.49. The lowest BCUT2D eigenvalue weighted by Gasteiger charge is -2.32. The van der Waals surface area contributed by atoms with E-state index >= 15 is 0 Å². The summed E-state index contributed by atoms with van der Waals surface area (Å²) in [5, 5.41) is 0. The molecule has 0 fully saturated rings. The summed E-state index contributed by atoms with van der Waals surface area (Å²) >= 11 is 3.36.